The van der Waals surface area contributed by atoms with Crippen molar-refractivity contribution >= 4 is 21.7 Å². The molecular weight excluding hydrogens is 641 g/mol. The van der Waals surface area contributed by atoms with Gasteiger partial charge in [0.2, 0.25) is 0 Å². The topological polar surface area (TPSA) is 80.7 Å². The van der Waals surface area contributed by atoms with E-state index < -0.39 is 9.84 Å². The van der Waals surface area contributed by atoms with Gasteiger partial charge in [0.15, 0.2) is 15.6 Å². The van der Waals surface area contributed by atoms with Gasteiger partial charge in [-0.1, -0.05) is 143 Å². The van der Waals surface area contributed by atoms with Crippen LogP contribution in [0, 0.1) is 0 Å². The molecule has 260 valence electrons. The van der Waals surface area contributed by atoms with Crippen molar-refractivity contribution in [1.82, 2.24) is 0 Å². The highest BCUT2D eigenvalue weighted by atomic mass is 32.2. The van der Waals surface area contributed by atoms with Gasteiger partial charge in [-0.25, -0.2) is 8.42 Å². The predicted octanol–water partition coefficient (Wildman–Crippen LogP) is 9.61. The summed E-state index contributed by atoms with van der Waals surface area (Å²) in [5, 5.41) is 9.37. The number of sulfone groups is 1. The first-order chi connectivity index (χ1) is 23.3. The maximum Gasteiger partial charge on any atom is 0.193 e. The second-order valence-electron chi connectivity index (χ2n) is 13.0. The minimum Gasteiger partial charge on any atom is -0.497 e. The molecule has 6 heteroatoms. The Labute approximate surface area is 299 Å². The summed E-state index contributed by atoms with van der Waals surface area (Å²) < 4.78 is 28.4. The van der Waals surface area contributed by atoms with Gasteiger partial charge in [-0.15, -0.1) is 0 Å². The Morgan fingerprint density at radius 2 is 1.20 bits per heavy atom. The molecule has 1 aliphatic carbocycles. The van der Waals surface area contributed by atoms with Gasteiger partial charge in [0.25, 0.3) is 0 Å². The van der Waals surface area contributed by atoms with Crippen LogP contribution in [0.2, 0.25) is 0 Å². The number of carbonyl (C=O) groups excluding carboxylic acids is 1. The lowest BCUT2D eigenvalue weighted by molar-refractivity contribution is 0.103. The highest BCUT2D eigenvalue weighted by Crippen LogP contribution is 2.41. The molecule has 5 aromatic carbocycles. The van der Waals surface area contributed by atoms with Gasteiger partial charge in [0, 0.05) is 35.2 Å². The average Bonchev–Trinajstić information content (AvgIpc) is 3.13. The van der Waals surface area contributed by atoms with Gasteiger partial charge in [-0.2, -0.15) is 0 Å². The summed E-state index contributed by atoms with van der Waals surface area (Å²) in [5.41, 5.74) is 7.94. The van der Waals surface area contributed by atoms with Gasteiger partial charge in [0.1, 0.15) is 5.75 Å². The van der Waals surface area contributed by atoms with E-state index >= 15 is 0 Å². The number of ketones is 1. The van der Waals surface area contributed by atoms with E-state index in [9.17, 15) is 18.3 Å². The smallest absolute Gasteiger partial charge is 0.193 e. The van der Waals surface area contributed by atoms with Gasteiger partial charge in [-0.05, 0) is 58.5 Å². The van der Waals surface area contributed by atoms with E-state index in [0.717, 1.165) is 17.6 Å². The highest BCUT2D eigenvalue weighted by molar-refractivity contribution is 7.90. The van der Waals surface area contributed by atoms with Gasteiger partial charge >= 0.3 is 0 Å². The predicted molar refractivity (Wildman–Crippen MR) is 207 cm³/mol. The standard InChI is InChI=1S/C31H32O2.C12H10O3S.CH4.H2/c1-30(2,24-12-10-23(22-32)11-13-24)25-14-16-27(17-15-25)31(3,26-8-6-5-7-9-26)28-18-20-29(33-4)21-19-28;1-8-6-7-9-10(12(8)13)4-3-5-11(9)16(2,14)15;;/h5-21,32H,22H2,1-4H3;3-7H,1H2,2H3;1H4;1H. The quantitative estimate of drug-likeness (QED) is 0.130. The van der Waals surface area contributed by atoms with E-state index in [2.05, 4.69) is 106 Å². The normalized spacial score (nSPS) is 13.6. The van der Waals surface area contributed by atoms with Crippen LogP contribution in [0.3, 0.4) is 0 Å². The molecule has 0 aromatic heterocycles. The number of methoxy groups -OCH3 is 1. The number of hydrogen-bond acceptors (Lipinski definition) is 5. The zero-order valence-corrected chi connectivity index (χ0v) is 29.4. The van der Waals surface area contributed by atoms with Crippen LogP contribution in [-0.2, 0) is 27.3 Å². The molecule has 1 unspecified atom stereocenters. The number of aliphatic hydroxyl groups is 1. The Bertz CT molecular complexity index is 2100. The van der Waals surface area contributed by atoms with Crippen molar-refractivity contribution in [3.8, 4) is 5.75 Å². The molecule has 0 aliphatic heterocycles. The molecule has 0 amide bonds. The number of rotatable bonds is 8. The molecule has 0 bridgehead atoms. The van der Waals surface area contributed by atoms with Crippen molar-refractivity contribution in [3.63, 3.8) is 0 Å². The van der Waals surface area contributed by atoms with Crippen LogP contribution in [-0.4, -0.2) is 32.7 Å². The number of carbonyl (C=O) groups is 1. The Morgan fingerprint density at radius 3 is 1.72 bits per heavy atom. The molecule has 0 saturated heterocycles. The summed E-state index contributed by atoms with van der Waals surface area (Å²) in [4.78, 5) is 11.9. The maximum atomic E-state index is 11.8. The van der Waals surface area contributed by atoms with Crippen molar-refractivity contribution < 1.29 is 24.5 Å². The summed E-state index contributed by atoms with van der Waals surface area (Å²) >= 11 is 0. The summed E-state index contributed by atoms with van der Waals surface area (Å²) in [5.74, 6) is 0.640. The Kier molecular flexibility index (Phi) is 11.5. The summed E-state index contributed by atoms with van der Waals surface area (Å²) in [6, 6.07) is 41.0. The molecule has 0 fully saturated rings. The fourth-order valence-corrected chi connectivity index (χ4v) is 7.18. The number of Topliss-reactive ketones (excluding diaryl/α,β-unsaturated/α-hetero) is 1. The van der Waals surface area contributed by atoms with Crippen LogP contribution in [0.1, 0.15) is 78.9 Å². The van der Waals surface area contributed by atoms with E-state index in [-0.39, 0.29) is 37.0 Å². The van der Waals surface area contributed by atoms with Crippen molar-refractivity contribution in [2.24, 2.45) is 0 Å². The lowest BCUT2D eigenvalue weighted by Gasteiger charge is -2.33. The first-order valence-corrected chi connectivity index (χ1v) is 18.0. The second-order valence-corrected chi connectivity index (χ2v) is 14.9. The first-order valence-electron chi connectivity index (χ1n) is 16.1. The molecule has 6 rings (SSSR count). The van der Waals surface area contributed by atoms with E-state index in [0.29, 0.717) is 16.7 Å². The van der Waals surface area contributed by atoms with E-state index in [1.807, 2.05) is 24.3 Å². The Balaban J connectivity index is 0.000000329. The molecule has 1 atom stereocenters. The fraction of sp³-hybridized carbons (Fsp3) is 0.205. The van der Waals surface area contributed by atoms with Crippen LogP contribution in [0.15, 0.2) is 144 Å². The molecule has 0 spiro atoms. The monoisotopic (exact) mass is 688 g/mol. The van der Waals surface area contributed by atoms with Crippen molar-refractivity contribution in [2.75, 3.05) is 13.4 Å². The zero-order valence-electron chi connectivity index (χ0n) is 28.6. The second kappa shape index (κ2) is 15.2. The summed E-state index contributed by atoms with van der Waals surface area (Å²) in [7, 11) is -1.62. The fourth-order valence-electron chi connectivity index (χ4n) is 6.28. The van der Waals surface area contributed by atoms with Crippen molar-refractivity contribution in [1.29, 1.82) is 0 Å². The van der Waals surface area contributed by atoms with Crippen LogP contribution >= 0.6 is 0 Å². The molecule has 5 nitrogen and oxygen atoms in total. The molecule has 50 heavy (non-hydrogen) atoms. The highest BCUT2D eigenvalue weighted by Gasteiger charge is 2.32. The summed E-state index contributed by atoms with van der Waals surface area (Å²) in [6.45, 7) is 10.4. The molecule has 1 aliphatic rings. The number of allylic oxidation sites excluding steroid dienone is 2. The first kappa shape index (κ1) is 37.8. The van der Waals surface area contributed by atoms with Gasteiger partial charge in [0.05, 0.1) is 18.6 Å². The van der Waals surface area contributed by atoms with Crippen LogP contribution in [0.25, 0.3) is 6.08 Å². The molecular formula is C44H48O5S. The lowest BCUT2D eigenvalue weighted by atomic mass is 9.70. The third-order valence-electron chi connectivity index (χ3n) is 9.51. The van der Waals surface area contributed by atoms with Crippen LogP contribution in [0.4, 0.5) is 0 Å². The molecule has 5 aromatic rings. The molecule has 0 radical (unpaired) electrons. The average molecular weight is 689 g/mol. The maximum absolute atomic E-state index is 11.8. The largest absolute Gasteiger partial charge is 0.497 e. The third-order valence-corrected chi connectivity index (χ3v) is 10.7. The Hall–Kier alpha value is -5.04. The third kappa shape index (κ3) is 7.57. The van der Waals surface area contributed by atoms with E-state index in [1.54, 1.807) is 31.4 Å². The minimum absolute atomic E-state index is 0. The molecule has 0 saturated carbocycles. The van der Waals surface area contributed by atoms with Gasteiger partial charge in [-0.3, -0.25) is 4.79 Å². The van der Waals surface area contributed by atoms with Crippen molar-refractivity contribution in [3.05, 3.63) is 184 Å². The van der Waals surface area contributed by atoms with Crippen LogP contribution < -0.4 is 4.74 Å². The molecule has 0 heterocycles. The minimum atomic E-state index is -3.32. The van der Waals surface area contributed by atoms with Crippen molar-refractivity contribution in [2.45, 2.75) is 50.5 Å². The zero-order chi connectivity index (χ0) is 35.4. The number of ether oxygens (including phenoxy) is 1. The van der Waals surface area contributed by atoms with Crippen LogP contribution in [0.5, 0.6) is 5.75 Å². The van der Waals surface area contributed by atoms with E-state index in [4.69, 9.17) is 4.74 Å². The molecule has 1 N–H and O–H groups in total. The lowest BCUT2D eigenvalue weighted by Crippen LogP contribution is -2.26. The van der Waals surface area contributed by atoms with E-state index in [1.165, 1.54) is 33.9 Å². The number of hydrogen-bond donors (Lipinski definition) is 1. The van der Waals surface area contributed by atoms with Gasteiger partial charge < -0.3 is 9.84 Å². The number of fused-ring (bicyclic) bond motifs is 1. The summed E-state index contributed by atoms with van der Waals surface area (Å²) in [6.07, 6.45) is 4.29. The Morgan fingerprint density at radius 1 is 0.700 bits per heavy atom. The number of benzene rings is 5. The SMILES string of the molecule is C.C=C1C=Cc2c(cccc2S(C)(=O)=O)C1=O.COc1ccc(C(C)(c2ccccc2)c2ccc(C(C)(C)c3ccc(CO)cc3)cc2)cc1.[HH]. The number of aliphatic hydroxyl groups excluding tert-OH is 1.